The van der Waals surface area contributed by atoms with Gasteiger partial charge in [0.05, 0.1) is 30.4 Å². The average molecular weight is 682 g/mol. The Morgan fingerprint density at radius 3 is 0.977 bits per heavy atom. The number of hydrogen-bond acceptors (Lipinski definition) is 9. The maximum Gasteiger partial charge on any atom is 0.0946 e. The summed E-state index contributed by atoms with van der Waals surface area (Å²) >= 11 is 0. The van der Waals surface area contributed by atoms with Gasteiger partial charge in [0.25, 0.3) is 0 Å². The Bertz CT molecular complexity index is 920. The second kappa shape index (κ2) is 28.0. The minimum atomic E-state index is -3.97. The van der Waals surface area contributed by atoms with Crippen LogP contribution in [0.1, 0.15) is 148 Å². The topological polar surface area (TPSA) is 172 Å². The second-order valence-corrected chi connectivity index (χ2v) is 18.3. The van der Waals surface area contributed by atoms with Crippen molar-refractivity contribution in [3.8, 4) is 0 Å². The highest BCUT2D eigenvalue weighted by Crippen LogP contribution is 2.28. The van der Waals surface area contributed by atoms with E-state index < -0.39 is 30.4 Å². The van der Waals surface area contributed by atoms with Crippen molar-refractivity contribution in [3.63, 3.8) is 0 Å². The molecule has 0 atom stereocenters. The van der Waals surface area contributed by atoms with Crippen molar-refractivity contribution in [3.05, 3.63) is 0 Å². The summed E-state index contributed by atoms with van der Waals surface area (Å²) in [6.45, 7) is 30.0. The van der Waals surface area contributed by atoms with Crippen molar-refractivity contribution in [1.82, 2.24) is 0 Å². The summed E-state index contributed by atoms with van der Waals surface area (Å²) in [4.78, 5) is 0. The normalized spacial score (nSPS) is 12.1. The van der Waals surface area contributed by atoms with Gasteiger partial charge >= 0.3 is 0 Å². The molecule has 0 bridgehead atoms. The van der Waals surface area contributed by atoms with Crippen LogP contribution in [-0.2, 0) is 30.4 Å². The van der Waals surface area contributed by atoms with E-state index in [0.29, 0.717) is 36.5 Å². The minimum absolute atomic E-state index is 0.209. The van der Waals surface area contributed by atoms with Crippen LogP contribution in [0.3, 0.4) is 0 Å². The summed E-state index contributed by atoms with van der Waals surface area (Å²) in [5.74, 6) is 2.39. The Morgan fingerprint density at radius 2 is 0.791 bits per heavy atom. The van der Waals surface area contributed by atoms with Crippen LogP contribution in [0.15, 0.2) is 0 Å². The fraction of sp³-hybridized carbons (Fsp3) is 1.00. The lowest BCUT2D eigenvalue weighted by Crippen LogP contribution is -2.17. The van der Waals surface area contributed by atoms with Crippen molar-refractivity contribution in [2.24, 2.45) is 35.0 Å². The smallest absolute Gasteiger partial charge is 0.0946 e. The molecule has 0 aliphatic carbocycles. The lowest BCUT2D eigenvalue weighted by atomic mass is 9.79. The third kappa shape index (κ3) is 65.4. The molecule has 268 valence electrons. The molecule has 0 N–H and O–H groups in total. The zero-order valence-corrected chi connectivity index (χ0v) is 32.5. The van der Waals surface area contributed by atoms with E-state index in [4.69, 9.17) is 0 Å². The highest BCUT2D eigenvalue weighted by atomic mass is 32.2. The van der Waals surface area contributed by atoms with Gasteiger partial charge in [-0.15, -0.1) is 0 Å². The zero-order valence-electron chi connectivity index (χ0n) is 30.1. The van der Waals surface area contributed by atoms with Crippen molar-refractivity contribution < 1.29 is 38.9 Å². The first-order valence-electron chi connectivity index (χ1n) is 15.8. The molecule has 0 aliphatic heterocycles. The van der Waals surface area contributed by atoms with Crippen LogP contribution in [0.5, 0.6) is 0 Å². The molecule has 0 spiro atoms. The molecule has 0 aromatic heterocycles. The van der Waals surface area contributed by atoms with E-state index in [-0.39, 0.29) is 23.2 Å². The van der Waals surface area contributed by atoms with Crippen LogP contribution in [0.4, 0.5) is 0 Å². The summed E-state index contributed by atoms with van der Waals surface area (Å²) in [6, 6.07) is 0. The third-order valence-corrected chi connectivity index (χ3v) is 9.15. The monoisotopic (exact) mass is 681 g/mol. The fourth-order valence-electron chi connectivity index (χ4n) is 2.29. The maximum absolute atomic E-state index is 10.1. The highest BCUT2D eigenvalue weighted by molar-refractivity contribution is 7.86. The van der Waals surface area contributed by atoms with Gasteiger partial charge in [0.2, 0.25) is 0 Å². The first-order valence-corrected chi connectivity index (χ1v) is 20.6. The molecule has 0 heterocycles. The number of unbranched alkanes of at least 4 members (excludes halogenated alkanes) is 1. The van der Waals surface area contributed by atoms with Crippen molar-refractivity contribution in [1.29, 1.82) is 0 Å². The Balaban J connectivity index is -0.000000143. The number of hydrogen-bond donors (Lipinski definition) is 0. The largest absolute Gasteiger partial charge is 0.748 e. The SMILES string of the molecule is CC(C)CCCCS(=O)(=O)[O-].CC(C)CCCS(=O)(=O)[O-].CC(C)CCS(=O)(=O)[O-].CCC(C)(C)C(C)C.CCC(C)C. The lowest BCUT2D eigenvalue weighted by molar-refractivity contribution is 0.240. The van der Waals surface area contributed by atoms with Crippen LogP contribution >= 0.6 is 0 Å². The first kappa shape index (κ1) is 52.3. The highest BCUT2D eigenvalue weighted by Gasteiger charge is 2.18. The van der Waals surface area contributed by atoms with Gasteiger partial charge in [0.1, 0.15) is 0 Å². The van der Waals surface area contributed by atoms with Gasteiger partial charge in [0, 0.05) is 17.3 Å². The molecule has 0 amide bonds. The molecular formula is C31H69O9S3-3. The lowest BCUT2D eigenvalue weighted by Gasteiger charge is -2.27. The van der Waals surface area contributed by atoms with Gasteiger partial charge in [-0.1, -0.05) is 129 Å². The molecule has 0 aromatic rings. The van der Waals surface area contributed by atoms with E-state index in [1.165, 1.54) is 12.8 Å². The van der Waals surface area contributed by atoms with Crippen molar-refractivity contribution in [2.75, 3.05) is 17.3 Å². The minimum Gasteiger partial charge on any atom is -0.748 e. The van der Waals surface area contributed by atoms with Crippen molar-refractivity contribution >= 4 is 30.4 Å². The molecule has 12 heteroatoms. The van der Waals surface area contributed by atoms with E-state index in [0.717, 1.165) is 31.1 Å². The standard InChI is InChI=1S/C8H18.C7H16O3S.C6H14O3S.C5H12O3S.C5H12/c1-6-8(4,5)7(2)3;1-7(2)5-3-4-6-11(8,9)10;1-6(2)4-3-5-10(7,8)9;1-5(2)3-4-9(6,7)8;1-4-5(2)3/h7H,6H2,1-5H3;7H,3-6H2,1-2H3,(H,8,9,10);6H,3-5H2,1-2H3,(H,7,8,9);5H,3-4H2,1-2H3,(H,6,7,8);5H,4H2,1-3H3/p-3. The Labute approximate surface area is 269 Å². The maximum atomic E-state index is 10.1. The van der Waals surface area contributed by atoms with Gasteiger partial charge in [-0.2, -0.15) is 0 Å². The van der Waals surface area contributed by atoms with Gasteiger partial charge in [-0.3, -0.25) is 0 Å². The molecule has 0 rings (SSSR count). The zero-order chi connectivity index (χ0) is 35.7. The summed E-state index contributed by atoms with van der Waals surface area (Å²) < 4.78 is 90.5. The van der Waals surface area contributed by atoms with Gasteiger partial charge in [-0.25, -0.2) is 25.3 Å². The van der Waals surface area contributed by atoms with Gasteiger partial charge in [0.15, 0.2) is 0 Å². The van der Waals surface area contributed by atoms with Crippen LogP contribution < -0.4 is 0 Å². The molecule has 9 nitrogen and oxygen atoms in total. The summed E-state index contributed by atoms with van der Waals surface area (Å²) in [5.41, 5.74) is 0.542. The second-order valence-electron chi connectivity index (χ2n) is 13.7. The molecule has 0 unspecified atom stereocenters. The molecule has 0 fully saturated rings. The summed E-state index contributed by atoms with van der Waals surface area (Å²) in [7, 11) is -11.9. The van der Waals surface area contributed by atoms with Crippen LogP contribution in [0.25, 0.3) is 0 Å². The van der Waals surface area contributed by atoms with Gasteiger partial charge in [-0.05, 0) is 54.3 Å². The van der Waals surface area contributed by atoms with E-state index in [1.54, 1.807) is 0 Å². The summed E-state index contributed by atoms with van der Waals surface area (Å²) in [6.07, 6.45) is 6.68. The van der Waals surface area contributed by atoms with Crippen LogP contribution in [0.2, 0.25) is 0 Å². The van der Waals surface area contributed by atoms with Crippen LogP contribution in [-0.4, -0.2) is 56.2 Å². The van der Waals surface area contributed by atoms with Gasteiger partial charge < -0.3 is 13.7 Å². The Kier molecular flexibility index (Phi) is 34.0. The molecule has 0 aliphatic rings. The number of rotatable bonds is 15. The van der Waals surface area contributed by atoms with E-state index >= 15 is 0 Å². The molecule has 0 saturated heterocycles. The molecule has 0 radical (unpaired) electrons. The predicted octanol–water partition coefficient (Wildman–Crippen LogP) is 8.03. The average Bonchev–Trinajstić information content (AvgIpc) is 2.80. The van der Waals surface area contributed by atoms with E-state index in [2.05, 4.69) is 69.2 Å². The first-order chi connectivity index (χ1) is 19.0. The van der Waals surface area contributed by atoms with E-state index in [1.807, 2.05) is 27.7 Å². The summed E-state index contributed by atoms with van der Waals surface area (Å²) in [5, 5.41) is 0. The molecule has 43 heavy (non-hydrogen) atoms. The fourth-order valence-corrected chi connectivity index (χ4v) is 4.13. The van der Waals surface area contributed by atoms with Crippen molar-refractivity contribution in [2.45, 2.75) is 148 Å². The third-order valence-electron chi connectivity index (χ3n) is 6.84. The molecular weight excluding hydrogens is 613 g/mol. The van der Waals surface area contributed by atoms with Crippen LogP contribution in [0, 0.1) is 35.0 Å². The predicted molar refractivity (Wildman–Crippen MR) is 180 cm³/mol. The Hall–Kier alpha value is -0.270. The quantitative estimate of drug-likeness (QED) is 0.122. The molecule has 0 aromatic carbocycles. The van der Waals surface area contributed by atoms with E-state index in [9.17, 15) is 38.9 Å². The Morgan fingerprint density at radius 1 is 0.488 bits per heavy atom. The molecule has 0 saturated carbocycles.